The van der Waals surface area contributed by atoms with Crippen LogP contribution in [0.15, 0.2) is 85.3 Å². The highest BCUT2D eigenvalue weighted by Gasteiger charge is 2.43. The fourth-order valence-corrected chi connectivity index (χ4v) is 4.74. The molecule has 0 radical (unpaired) electrons. The Balaban J connectivity index is 1.41. The number of benzene rings is 3. The predicted octanol–water partition coefficient (Wildman–Crippen LogP) is 3.78. The smallest absolute Gasteiger partial charge is 0.523 e. The summed E-state index contributed by atoms with van der Waals surface area (Å²) in [6.07, 6.45) is 4.93. The van der Waals surface area contributed by atoms with Gasteiger partial charge in [-0.05, 0) is 29.4 Å². The van der Waals surface area contributed by atoms with Crippen LogP contribution in [0.2, 0.25) is 0 Å². The Kier molecular flexibility index (Phi) is 8.05. The average Bonchev–Trinajstić information content (AvgIpc) is 2.97. The van der Waals surface area contributed by atoms with Gasteiger partial charge in [0.1, 0.15) is 17.5 Å². The summed E-state index contributed by atoms with van der Waals surface area (Å²) in [6.45, 7) is 4.01. The topological polar surface area (TPSA) is 120 Å². The quantitative estimate of drug-likeness (QED) is 0.313. The molecule has 3 aromatic carbocycles. The highest BCUT2D eigenvalue weighted by atomic mass is 16.6. The first-order chi connectivity index (χ1) is 19.4. The normalized spacial score (nSPS) is 14.1. The third-order valence-electron chi connectivity index (χ3n) is 6.64. The van der Waals surface area contributed by atoms with Crippen LogP contribution in [0.5, 0.6) is 5.75 Å². The second-order valence-corrected chi connectivity index (χ2v) is 10.1. The minimum atomic E-state index is -1.05. The number of fused-ring (bicyclic) bond motifs is 3. The number of carbonyl (C=O) groups is 3. The Hall–Kier alpha value is -4.73. The molecule has 2 heterocycles. The summed E-state index contributed by atoms with van der Waals surface area (Å²) < 4.78 is 12.0. The van der Waals surface area contributed by atoms with Gasteiger partial charge in [0.25, 0.3) is 5.91 Å². The average molecular weight is 536 g/mol. The van der Waals surface area contributed by atoms with Gasteiger partial charge in [-0.15, -0.1) is 0 Å². The van der Waals surface area contributed by atoms with Crippen LogP contribution >= 0.6 is 0 Å². The fraction of sp³-hybridized carbons (Fsp3) is 0.233. The molecule has 0 aliphatic carbocycles. The molecule has 1 aliphatic rings. The maximum Gasteiger partial charge on any atom is 0.620 e. The van der Waals surface area contributed by atoms with E-state index in [1.165, 1.54) is 18.6 Å². The second kappa shape index (κ2) is 12.0. The van der Waals surface area contributed by atoms with Crippen molar-refractivity contribution in [2.24, 2.45) is 5.92 Å². The maximum absolute atomic E-state index is 13.7. The van der Waals surface area contributed by atoms with E-state index in [2.05, 4.69) is 20.6 Å². The molecule has 5 rings (SSSR count). The number of amides is 2. The first-order valence-electron chi connectivity index (χ1n) is 13.2. The van der Waals surface area contributed by atoms with Crippen molar-refractivity contribution in [1.29, 1.82) is 0 Å². The lowest BCUT2D eigenvalue weighted by Crippen LogP contribution is -2.58. The van der Waals surface area contributed by atoms with Crippen molar-refractivity contribution in [3.8, 4) is 5.75 Å². The lowest BCUT2D eigenvalue weighted by atomic mass is 9.72. The zero-order valence-corrected chi connectivity index (χ0v) is 22.2. The number of hydrogen-bond donors (Lipinski definition) is 2. The molecule has 0 saturated carbocycles. The van der Waals surface area contributed by atoms with Crippen LogP contribution in [0, 0.1) is 5.92 Å². The minimum Gasteiger partial charge on any atom is -0.523 e. The lowest BCUT2D eigenvalue weighted by Gasteiger charge is -2.31. The van der Waals surface area contributed by atoms with Gasteiger partial charge in [-0.3, -0.25) is 14.6 Å². The van der Waals surface area contributed by atoms with E-state index in [0.717, 1.165) is 16.3 Å². The van der Waals surface area contributed by atoms with Crippen molar-refractivity contribution in [3.05, 3.63) is 102 Å². The fourth-order valence-electron chi connectivity index (χ4n) is 4.74. The summed E-state index contributed by atoms with van der Waals surface area (Å²) in [5, 5.41) is 7.50. The maximum atomic E-state index is 13.7. The summed E-state index contributed by atoms with van der Waals surface area (Å²) in [6, 6.07) is 19.6. The van der Waals surface area contributed by atoms with E-state index >= 15 is 0 Å². The number of hydrogen-bond acceptors (Lipinski definition) is 7. The van der Waals surface area contributed by atoms with Gasteiger partial charge >= 0.3 is 13.1 Å². The van der Waals surface area contributed by atoms with Gasteiger partial charge in [0.05, 0.1) is 17.7 Å². The van der Waals surface area contributed by atoms with Crippen LogP contribution < -0.4 is 15.3 Å². The molecule has 2 amide bonds. The van der Waals surface area contributed by atoms with Crippen LogP contribution in [0.3, 0.4) is 0 Å². The highest BCUT2D eigenvalue weighted by molar-refractivity contribution is 6.52. The summed E-state index contributed by atoms with van der Waals surface area (Å²) >= 11 is 0. The number of nitrogens with zero attached hydrogens (tertiary/aromatic N) is 2. The Morgan fingerprint density at radius 2 is 1.70 bits per heavy atom. The van der Waals surface area contributed by atoms with E-state index in [0.29, 0.717) is 17.7 Å². The highest BCUT2D eigenvalue weighted by Crippen LogP contribution is 2.34. The Labute approximate surface area is 232 Å². The Morgan fingerprint density at radius 3 is 2.45 bits per heavy atom. The van der Waals surface area contributed by atoms with E-state index < -0.39 is 36.9 Å². The second-order valence-electron chi connectivity index (χ2n) is 10.1. The molecule has 0 spiro atoms. The minimum absolute atomic E-state index is 0.0973. The van der Waals surface area contributed by atoms with Crippen LogP contribution in [0.1, 0.15) is 46.7 Å². The third kappa shape index (κ3) is 6.12. The SMILES string of the molecule is CC(C)C[C@H](NC(=O)[C@H](Cc1ccccc1)NC(=O)c1cnccn1)B1OC(=O)c2ccc3ccccc3c2O1. The molecule has 202 valence electrons. The largest absolute Gasteiger partial charge is 0.620 e. The van der Waals surface area contributed by atoms with Crippen molar-refractivity contribution in [1.82, 2.24) is 20.6 Å². The van der Waals surface area contributed by atoms with Crippen molar-refractivity contribution in [3.63, 3.8) is 0 Å². The molecule has 9 nitrogen and oxygen atoms in total. The molecule has 10 heteroatoms. The van der Waals surface area contributed by atoms with E-state index in [9.17, 15) is 14.4 Å². The number of rotatable bonds is 9. The van der Waals surface area contributed by atoms with Crippen LogP contribution in [-0.2, 0) is 15.9 Å². The van der Waals surface area contributed by atoms with Crippen molar-refractivity contribution in [2.75, 3.05) is 0 Å². The number of nitrogens with one attached hydrogen (secondary N) is 2. The van der Waals surface area contributed by atoms with Gasteiger partial charge in [0.2, 0.25) is 5.91 Å². The molecule has 1 aromatic heterocycles. The number of aromatic nitrogens is 2. The molecule has 2 N–H and O–H groups in total. The molecule has 0 unspecified atom stereocenters. The molecule has 0 bridgehead atoms. The standard InChI is InChI=1S/C30H29BN4O5/c1-19(2)16-26(31-39-27-22-11-7-6-10-21(22)12-13-23(27)30(38)40-31)35-28(36)24(17-20-8-4-3-5-9-20)34-29(37)25-18-32-14-15-33-25/h3-15,18-19,24,26H,16-17H2,1-2H3,(H,34,37)(H,35,36)/t24-,26-/m0/s1. The lowest BCUT2D eigenvalue weighted by molar-refractivity contribution is -0.123. The van der Waals surface area contributed by atoms with Gasteiger partial charge in [0, 0.05) is 24.2 Å². The van der Waals surface area contributed by atoms with Crippen LogP contribution in [-0.4, -0.2) is 46.9 Å². The van der Waals surface area contributed by atoms with Gasteiger partial charge < -0.3 is 19.9 Å². The van der Waals surface area contributed by atoms with Crippen LogP contribution in [0.4, 0.5) is 0 Å². The van der Waals surface area contributed by atoms with Crippen molar-refractivity contribution < 1.29 is 23.7 Å². The van der Waals surface area contributed by atoms with E-state index in [-0.39, 0.29) is 18.0 Å². The van der Waals surface area contributed by atoms with E-state index in [1.807, 2.05) is 74.5 Å². The van der Waals surface area contributed by atoms with Gasteiger partial charge in [-0.2, -0.15) is 0 Å². The molecule has 1 aliphatic heterocycles. The first kappa shape index (κ1) is 26.9. The summed E-state index contributed by atoms with van der Waals surface area (Å²) in [4.78, 5) is 47.7. The van der Waals surface area contributed by atoms with Crippen LogP contribution in [0.25, 0.3) is 10.8 Å². The molecule has 0 saturated heterocycles. The molecule has 40 heavy (non-hydrogen) atoms. The predicted molar refractivity (Wildman–Crippen MR) is 151 cm³/mol. The number of carbonyl (C=O) groups excluding carboxylic acids is 3. The van der Waals surface area contributed by atoms with Gasteiger partial charge in [-0.25, -0.2) is 9.78 Å². The Bertz CT molecular complexity index is 1520. The third-order valence-corrected chi connectivity index (χ3v) is 6.64. The zero-order valence-electron chi connectivity index (χ0n) is 22.2. The molecule has 2 atom stereocenters. The van der Waals surface area contributed by atoms with Crippen molar-refractivity contribution >= 4 is 35.7 Å². The summed E-state index contributed by atoms with van der Waals surface area (Å²) in [5.41, 5.74) is 1.30. The molecular weight excluding hydrogens is 507 g/mol. The summed E-state index contributed by atoms with van der Waals surface area (Å²) in [5.74, 6) is -1.57. The van der Waals surface area contributed by atoms with Crippen molar-refractivity contribution in [2.45, 2.75) is 38.7 Å². The summed E-state index contributed by atoms with van der Waals surface area (Å²) in [7, 11) is -1.05. The first-order valence-corrected chi connectivity index (χ1v) is 13.2. The zero-order chi connectivity index (χ0) is 28.1. The molecule has 4 aromatic rings. The molecule has 0 fully saturated rings. The van der Waals surface area contributed by atoms with E-state index in [4.69, 9.17) is 9.31 Å². The Morgan fingerprint density at radius 1 is 0.925 bits per heavy atom. The van der Waals surface area contributed by atoms with E-state index in [1.54, 1.807) is 6.07 Å². The molecular formula is C30H29BN4O5. The van der Waals surface area contributed by atoms with Gasteiger partial charge in [-0.1, -0.05) is 74.5 Å². The monoisotopic (exact) mass is 536 g/mol. The van der Waals surface area contributed by atoms with Gasteiger partial charge in [0.15, 0.2) is 0 Å².